The van der Waals surface area contributed by atoms with Crippen LogP contribution in [0.25, 0.3) is 0 Å². The van der Waals surface area contributed by atoms with Crippen LogP contribution in [-0.4, -0.2) is 36.0 Å². The second kappa shape index (κ2) is 10.1. The second-order valence-corrected chi connectivity index (χ2v) is 5.93. The van der Waals surface area contributed by atoms with E-state index in [0.29, 0.717) is 31.5 Å². The molecule has 2 aromatic rings. The highest BCUT2D eigenvalue weighted by Gasteiger charge is 2.10. The summed E-state index contributed by atoms with van der Waals surface area (Å²) in [5.41, 5.74) is 1.06. The molecule has 6 nitrogen and oxygen atoms in total. The molecule has 3 N–H and O–H groups in total. The van der Waals surface area contributed by atoms with E-state index in [1.807, 2.05) is 0 Å². The number of halogens is 1. The molecule has 0 saturated heterocycles. The van der Waals surface area contributed by atoms with Crippen molar-refractivity contribution in [2.24, 2.45) is 0 Å². The number of hydrogen-bond donors (Lipinski definition) is 3. The summed E-state index contributed by atoms with van der Waals surface area (Å²) in [7, 11) is 0. The number of aryl methyl sites for hydroxylation is 1. The molecule has 27 heavy (non-hydrogen) atoms. The average Bonchev–Trinajstić information content (AvgIpc) is 2.66. The topological polar surface area (TPSA) is 95.5 Å². The van der Waals surface area contributed by atoms with Crippen molar-refractivity contribution in [3.8, 4) is 0 Å². The summed E-state index contributed by atoms with van der Waals surface area (Å²) in [5, 5.41) is 14.5. The number of hydrogen-bond acceptors (Lipinski definition) is 3. The van der Waals surface area contributed by atoms with Gasteiger partial charge in [-0.25, -0.2) is 9.18 Å². The Balaban J connectivity index is 1.65. The van der Waals surface area contributed by atoms with Crippen molar-refractivity contribution in [3.63, 3.8) is 0 Å². The van der Waals surface area contributed by atoms with Crippen molar-refractivity contribution < 1.29 is 23.9 Å². The number of carbonyl (C=O) groups excluding carboxylic acids is 2. The molecule has 0 heterocycles. The van der Waals surface area contributed by atoms with Gasteiger partial charge in [-0.15, -0.1) is 0 Å². The Bertz CT molecular complexity index is 823. The number of rotatable bonds is 9. The Morgan fingerprint density at radius 2 is 1.70 bits per heavy atom. The number of nitrogens with one attached hydrogen (secondary N) is 2. The Morgan fingerprint density at radius 1 is 0.963 bits per heavy atom. The van der Waals surface area contributed by atoms with E-state index in [9.17, 15) is 18.8 Å². The summed E-state index contributed by atoms with van der Waals surface area (Å²) in [4.78, 5) is 34.8. The molecule has 0 spiro atoms. The molecule has 142 valence electrons. The zero-order valence-electron chi connectivity index (χ0n) is 14.7. The first kappa shape index (κ1) is 20.1. The monoisotopic (exact) mass is 372 g/mol. The molecule has 0 atom stereocenters. The fourth-order valence-electron chi connectivity index (χ4n) is 2.53. The van der Waals surface area contributed by atoms with Gasteiger partial charge in [0.25, 0.3) is 5.91 Å². The number of benzene rings is 2. The Labute approximate surface area is 156 Å². The smallest absolute Gasteiger partial charge is 0.335 e. The zero-order chi connectivity index (χ0) is 19.6. The largest absolute Gasteiger partial charge is 0.478 e. The Kier molecular flexibility index (Phi) is 7.49. The molecule has 0 saturated carbocycles. The number of carbonyl (C=O) groups is 3. The first-order chi connectivity index (χ1) is 13.0. The van der Waals surface area contributed by atoms with Crippen LogP contribution in [0.3, 0.4) is 0 Å². The Morgan fingerprint density at radius 3 is 2.44 bits per heavy atom. The maximum absolute atomic E-state index is 13.1. The van der Waals surface area contributed by atoms with Gasteiger partial charge in [-0.3, -0.25) is 9.59 Å². The SMILES string of the molecule is O=C(CCc1ccccc1C(=O)O)NCCCNC(=O)c1cccc(F)c1. The van der Waals surface area contributed by atoms with Crippen molar-refractivity contribution >= 4 is 17.8 Å². The molecule has 0 bridgehead atoms. The van der Waals surface area contributed by atoms with Crippen LogP contribution in [0.5, 0.6) is 0 Å². The predicted molar refractivity (Wildman–Crippen MR) is 98.1 cm³/mol. The van der Waals surface area contributed by atoms with Crippen molar-refractivity contribution in [2.75, 3.05) is 13.1 Å². The quantitative estimate of drug-likeness (QED) is 0.589. The van der Waals surface area contributed by atoms with Crippen molar-refractivity contribution in [1.29, 1.82) is 0 Å². The number of amides is 2. The minimum atomic E-state index is -1.01. The zero-order valence-corrected chi connectivity index (χ0v) is 14.7. The van der Waals surface area contributed by atoms with Gasteiger partial charge in [-0.1, -0.05) is 24.3 Å². The van der Waals surface area contributed by atoms with Gasteiger partial charge in [0.05, 0.1) is 5.56 Å². The minimum absolute atomic E-state index is 0.181. The predicted octanol–water partition coefficient (Wildman–Crippen LogP) is 2.39. The summed E-state index contributed by atoms with van der Waals surface area (Å²) in [6.07, 6.45) is 1.04. The molecule has 0 aromatic heterocycles. The summed E-state index contributed by atoms with van der Waals surface area (Å²) in [6.45, 7) is 0.723. The molecule has 0 unspecified atom stereocenters. The fourth-order valence-corrected chi connectivity index (χ4v) is 2.53. The first-order valence-corrected chi connectivity index (χ1v) is 8.59. The van der Waals surface area contributed by atoms with Gasteiger partial charge < -0.3 is 15.7 Å². The molecule has 0 radical (unpaired) electrons. The fraction of sp³-hybridized carbons (Fsp3) is 0.250. The van der Waals surface area contributed by atoms with E-state index < -0.39 is 11.8 Å². The van der Waals surface area contributed by atoms with Gasteiger partial charge in [-0.2, -0.15) is 0 Å². The van der Waals surface area contributed by atoms with E-state index in [1.165, 1.54) is 24.3 Å². The third-order valence-electron chi connectivity index (χ3n) is 3.92. The molecular formula is C20H21FN2O4. The lowest BCUT2D eigenvalue weighted by molar-refractivity contribution is -0.121. The molecule has 0 fully saturated rings. The number of carboxylic acid groups (broad SMARTS) is 1. The van der Waals surface area contributed by atoms with Crippen LogP contribution >= 0.6 is 0 Å². The highest BCUT2D eigenvalue weighted by atomic mass is 19.1. The highest BCUT2D eigenvalue weighted by Crippen LogP contribution is 2.11. The third kappa shape index (κ3) is 6.54. The van der Waals surface area contributed by atoms with E-state index >= 15 is 0 Å². The Hall–Kier alpha value is -3.22. The molecule has 2 amide bonds. The lowest BCUT2D eigenvalue weighted by Gasteiger charge is -2.08. The van der Waals surface area contributed by atoms with Gasteiger partial charge in [0.2, 0.25) is 5.91 Å². The second-order valence-electron chi connectivity index (χ2n) is 5.93. The van der Waals surface area contributed by atoms with Crippen molar-refractivity contribution in [1.82, 2.24) is 10.6 Å². The average molecular weight is 372 g/mol. The maximum atomic E-state index is 13.1. The van der Waals surface area contributed by atoms with E-state index in [-0.39, 0.29) is 29.4 Å². The number of aromatic carboxylic acids is 1. The standard InChI is InChI=1S/C20H21FN2O4/c21-16-7-3-6-15(13-16)19(25)23-12-4-11-22-18(24)10-9-14-5-1-2-8-17(14)20(26)27/h1-3,5-8,13H,4,9-12H2,(H,22,24)(H,23,25)(H,26,27). The molecule has 0 aliphatic rings. The van der Waals surface area contributed by atoms with E-state index in [1.54, 1.807) is 18.2 Å². The molecule has 2 aromatic carbocycles. The van der Waals surface area contributed by atoms with Gasteiger partial charge in [-0.05, 0) is 42.7 Å². The van der Waals surface area contributed by atoms with Crippen LogP contribution in [0.4, 0.5) is 4.39 Å². The third-order valence-corrected chi connectivity index (χ3v) is 3.92. The van der Waals surface area contributed by atoms with Crippen molar-refractivity contribution in [2.45, 2.75) is 19.3 Å². The molecular weight excluding hydrogens is 351 g/mol. The summed E-state index contributed by atoms with van der Waals surface area (Å²) in [6, 6.07) is 12.0. The first-order valence-electron chi connectivity index (χ1n) is 8.59. The van der Waals surface area contributed by atoms with Gasteiger partial charge in [0, 0.05) is 25.1 Å². The van der Waals surface area contributed by atoms with E-state index in [4.69, 9.17) is 5.11 Å². The van der Waals surface area contributed by atoms with Crippen LogP contribution in [0, 0.1) is 5.82 Å². The van der Waals surface area contributed by atoms with Crippen LogP contribution in [0.2, 0.25) is 0 Å². The van der Waals surface area contributed by atoms with Crippen LogP contribution in [-0.2, 0) is 11.2 Å². The highest BCUT2D eigenvalue weighted by molar-refractivity contribution is 5.94. The molecule has 7 heteroatoms. The van der Waals surface area contributed by atoms with Gasteiger partial charge in [0.15, 0.2) is 0 Å². The van der Waals surface area contributed by atoms with Crippen molar-refractivity contribution in [3.05, 3.63) is 71.0 Å². The van der Waals surface area contributed by atoms with E-state index in [2.05, 4.69) is 10.6 Å². The lowest BCUT2D eigenvalue weighted by Crippen LogP contribution is -2.30. The maximum Gasteiger partial charge on any atom is 0.335 e. The normalized spacial score (nSPS) is 10.3. The summed E-state index contributed by atoms with van der Waals surface area (Å²) < 4.78 is 13.1. The molecule has 0 aliphatic heterocycles. The van der Waals surface area contributed by atoms with Gasteiger partial charge >= 0.3 is 5.97 Å². The van der Waals surface area contributed by atoms with Gasteiger partial charge in [0.1, 0.15) is 5.82 Å². The van der Waals surface area contributed by atoms with Crippen LogP contribution < -0.4 is 10.6 Å². The minimum Gasteiger partial charge on any atom is -0.478 e. The summed E-state index contributed by atoms with van der Waals surface area (Å²) >= 11 is 0. The molecule has 0 aliphatic carbocycles. The van der Waals surface area contributed by atoms with Crippen LogP contribution in [0.1, 0.15) is 39.1 Å². The van der Waals surface area contributed by atoms with E-state index in [0.717, 1.165) is 6.07 Å². The lowest BCUT2D eigenvalue weighted by atomic mass is 10.0. The summed E-state index contributed by atoms with van der Waals surface area (Å²) in [5.74, 6) is -2.04. The van der Waals surface area contributed by atoms with Crippen LogP contribution in [0.15, 0.2) is 48.5 Å². The number of carboxylic acids is 1. The molecule has 2 rings (SSSR count).